The molecule has 0 saturated heterocycles. The van der Waals surface area contributed by atoms with Crippen LogP contribution in [0.2, 0.25) is 0 Å². The van der Waals surface area contributed by atoms with Crippen molar-refractivity contribution in [2.24, 2.45) is 0 Å². The molecular formula is C26H25BrN4O2S. The van der Waals surface area contributed by atoms with Gasteiger partial charge < -0.3 is 10.0 Å². The number of nitrogens with zero attached hydrogens (tertiary/aromatic N) is 4. The normalized spacial score (nSPS) is 10.9. The minimum Gasteiger partial charge on any atom is -0.507 e. The van der Waals surface area contributed by atoms with Gasteiger partial charge in [-0.25, -0.2) is 0 Å². The van der Waals surface area contributed by atoms with E-state index in [-0.39, 0.29) is 17.4 Å². The van der Waals surface area contributed by atoms with Crippen LogP contribution in [0.15, 0.2) is 76.4 Å². The first-order valence-electron chi connectivity index (χ1n) is 10.9. The summed E-state index contributed by atoms with van der Waals surface area (Å²) in [6.45, 7) is 6.61. The number of aryl methyl sites for hydroxylation is 2. The van der Waals surface area contributed by atoms with Crippen LogP contribution in [0.3, 0.4) is 0 Å². The largest absolute Gasteiger partial charge is 0.507 e. The number of benzene rings is 3. The van der Waals surface area contributed by atoms with Crippen molar-refractivity contribution in [1.82, 2.24) is 14.8 Å². The van der Waals surface area contributed by atoms with Crippen molar-refractivity contribution in [1.29, 1.82) is 0 Å². The molecule has 1 aromatic heterocycles. The van der Waals surface area contributed by atoms with Crippen LogP contribution in [0.1, 0.15) is 18.1 Å². The first kappa shape index (κ1) is 24.0. The number of rotatable bonds is 7. The van der Waals surface area contributed by atoms with E-state index >= 15 is 0 Å². The zero-order valence-corrected chi connectivity index (χ0v) is 21.6. The summed E-state index contributed by atoms with van der Waals surface area (Å²) < 4.78 is 2.73. The third kappa shape index (κ3) is 5.03. The molecule has 4 aromatic rings. The van der Waals surface area contributed by atoms with Crippen molar-refractivity contribution in [3.8, 4) is 22.8 Å². The Labute approximate surface area is 211 Å². The lowest BCUT2D eigenvalue weighted by Crippen LogP contribution is -2.32. The summed E-state index contributed by atoms with van der Waals surface area (Å²) in [6, 6.07) is 21.0. The van der Waals surface area contributed by atoms with Crippen LogP contribution in [-0.2, 0) is 4.79 Å². The van der Waals surface area contributed by atoms with E-state index in [9.17, 15) is 9.90 Å². The van der Waals surface area contributed by atoms with E-state index in [1.807, 2.05) is 73.9 Å². The van der Waals surface area contributed by atoms with Crippen LogP contribution in [0.25, 0.3) is 17.1 Å². The molecule has 4 rings (SSSR count). The van der Waals surface area contributed by atoms with Crippen LogP contribution in [0.4, 0.5) is 5.69 Å². The first-order chi connectivity index (χ1) is 16.4. The molecule has 0 aliphatic carbocycles. The predicted molar refractivity (Wildman–Crippen MR) is 141 cm³/mol. The van der Waals surface area contributed by atoms with Crippen molar-refractivity contribution in [3.63, 3.8) is 0 Å². The molecule has 3 aromatic carbocycles. The molecule has 0 unspecified atom stereocenters. The van der Waals surface area contributed by atoms with Gasteiger partial charge in [-0.3, -0.25) is 9.36 Å². The van der Waals surface area contributed by atoms with Gasteiger partial charge in [0.1, 0.15) is 5.75 Å². The minimum atomic E-state index is -0.0132. The summed E-state index contributed by atoms with van der Waals surface area (Å²) in [7, 11) is 0. The quantitative estimate of drug-likeness (QED) is 0.286. The third-order valence-electron chi connectivity index (χ3n) is 5.44. The molecule has 0 saturated carbocycles. The van der Waals surface area contributed by atoms with E-state index in [0.29, 0.717) is 23.1 Å². The molecule has 174 valence electrons. The number of hydrogen-bond donors (Lipinski definition) is 1. The number of carbonyl (C=O) groups excluding carboxylic acids is 1. The first-order valence-corrected chi connectivity index (χ1v) is 12.7. The van der Waals surface area contributed by atoms with Crippen LogP contribution in [-0.4, -0.2) is 38.1 Å². The molecule has 1 heterocycles. The Morgan fingerprint density at radius 2 is 1.82 bits per heavy atom. The number of phenolic OH excluding ortho intramolecular Hbond substituents is 1. The zero-order valence-electron chi connectivity index (χ0n) is 19.2. The van der Waals surface area contributed by atoms with Gasteiger partial charge in [-0.1, -0.05) is 63.6 Å². The number of amides is 1. The smallest absolute Gasteiger partial charge is 0.237 e. The van der Waals surface area contributed by atoms with Crippen LogP contribution in [0, 0.1) is 13.8 Å². The van der Waals surface area contributed by atoms with Gasteiger partial charge in [-0.2, -0.15) is 0 Å². The highest BCUT2D eigenvalue weighted by atomic mass is 79.9. The van der Waals surface area contributed by atoms with E-state index in [0.717, 1.165) is 27.0 Å². The van der Waals surface area contributed by atoms with E-state index in [2.05, 4.69) is 32.2 Å². The second-order valence-corrected chi connectivity index (χ2v) is 9.71. The van der Waals surface area contributed by atoms with Gasteiger partial charge in [0.15, 0.2) is 11.0 Å². The molecule has 0 bridgehead atoms. The van der Waals surface area contributed by atoms with E-state index < -0.39 is 0 Å². The maximum atomic E-state index is 13.1. The third-order valence-corrected chi connectivity index (χ3v) is 6.84. The van der Waals surface area contributed by atoms with Crippen molar-refractivity contribution < 1.29 is 9.90 Å². The maximum absolute atomic E-state index is 13.1. The highest BCUT2D eigenvalue weighted by Crippen LogP contribution is 2.35. The van der Waals surface area contributed by atoms with Gasteiger partial charge in [0, 0.05) is 16.7 Å². The molecule has 0 atom stereocenters. The summed E-state index contributed by atoms with van der Waals surface area (Å²) >= 11 is 4.81. The Morgan fingerprint density at radius 1 is 1.06 bits per heavy atom. The van der Waals surface area contributed by atoms with Crippen LogP contribution < -0.4 is 4.90 Å². The molecule has 0 radical (unpaired) electrons. The average molecular weight is 537 g/mol. The Kier molecular flexibility index (Phi) is 7.38. The summed E-state index contributed by atoms with van der Waals surface area (Å²) in [5, 5.41) is 20.0. The number of aromatic hydroxyl groups is 1. The number of phenols is 1. The molecule has 0 fully saturated rings. The Bertz CT molecular complexity index is 1320. The highest BCUT2D eigenvalue weighted by Gasteiger charge is 2.22. The highest BCUT2D eigenvalue weighted by molar-refractivity contribution is 9.10. The van der Waals surface area contributed by atoms with Gasteiger partial charge in [0.2, 0.25) is 5.91 Å². The molecule has 34 heavy (non-hydrogen) atoms. The van der Waals surface area contributed by atoms with Gasteiger partial charge >= 0.3 is 0 Å². The summed E-state index contributed by atoms with van der Waals surface area (Å²) in [5.41, 5.74) is 4.51. The summed E-state index contributed by atoms with van der Waals surface area (Å²) in [4.78, 5) is 14.8. The second-order valence-electron chi connectivity index (χ2n) is 7.86. The summed E-state index contributed by atoms with van der Waals surface area (Å²) in [6.07, 6.45) is 0. The lowest BCUT2D eigenvalue weighted by Gasteiger charge is -2.21. The Balaban J connectivity index is 1.72. The Morgan fingerprint density at radius 3 is 2.53 bits per heavy atom. The Hall–Kier alpha value is -3.10. The van der Waals surface area contributed by atoms with Gasteiger partial charge in [0.25, 0.3) is 0 Å². The average Bonchev–Trinajstić information content (AvgIpc) is 3.24. The number of carbonyl (C=O) groups is 1. The van der Waals surface area contributed by atoms with Gasteiger partial charge in [0.05, 0.1) is 17.0 Å². The van der Waals surface area contributed by atoms with Gasteiger partial charge in [-0.05, 0) is 62.7 Å². The van der Waals surface area contributed by atoms with Crippen LogP contribution in [0.5, 0.6) is 5.75 Å². The fourth-order valence-electron chi connectivity index (χ4n) is 3.81. The van der Waals surface area contributed by atoms with Crippen molar-refractivity contribution in [3.05, 3.63) is 82.3 Å². The van der Waals surface area contributed by atoms with Crippen molar-refractivity contribution >= 4 is 39.3 Å². The van der Waals surface area contributed by atoms with E-state index in [4.69, 9.17) is 0 Å². The number of para-hydroxylation sites is 1. The lowest BCUT2D eigenvalue weighted by atomic mass is 10.1. The topological polar surface area (TPSA) is 71.2 Å². The number of anilines is 1. The van der Waals surface area contributed by atoms with Crippen LogP contribution >= 0.6 is 27.7 Å². The summed E-state index contributed by atoms with van der Waals surface area (Å²) in [5.74, 6) is 0.809. The number of hydrogen-bond acceptors (Lipinski definition) is 5. The predicted octanol–water partition coefficient (Wildman–Crippen LogP) is 6.16. The SMILES string of the molecule is CCN(C(=O)CSc1nnc(-c2cc(Br)ccc2O)n1-c1ccc(C)cc1C)c1ccccc1. The molecule has 0 aliphatic heterocycles. The fourth-order valence-corrected chi connectivity index (χ4v) is 5.00. The number of halogens is 1. The second kappa shape index (κ2) is 10.4. The minimum absolute atomic E-state index is 0.0132. The molecule has 6 nitrogen and oxygen atoms in total. The molecule has 1 amide bonds. The number of aromatic nitrogens is 3. The molecule has 0 aliphatic rings. The van der Waals surface area contributed by atoms with Crippen molar-refractivity contribution in [2.45, 2.75) is 25.9 Å². The number of thioether (sulfide) groups is 1. The van der Waals surface area contributed by atoms with Gasteiger partial charge in [-0.15, -0.1) is 10.2 Å². The maximum Gasteiger partial charge on any atom is 0.237 e. The lowest BCUT2D eigenvalue weighted by molar-refractivity contribution is -0.116. The molecule has 1 N–H and O–H groups in total. The van der Waals surface area contributed by atoms with E-state index in [1.54, 1.807) is 17.0 Å². The molecule has 8 heteroatoms. The van der Waals surface area contributed by atoms with Crippen molar-refractivity contribution in [2.75, 3.05) is 17.2 Å². The molecular weight excluding hydrogens is 512 g/mol. The zero-order chi connectivity index (χ0) is 24.2. The molecule has 0 spiro atoms. The monoisotopic (exact) mass is 536 g/mol. The fraction of sp³-hybridized carbons (Fsp3) is 0.192. The van der Waals surface area contributed by atoms with E-state index in [1.165, 1.54) is 11.8 Å². The standard InChI is InChI=1S/C26H25BrN4O2S/c1-4-30(20-8-6-5-7-9-20)24(33)16-34-26-29-28-25(21-15-19(27)11-13-23(21)32)31(26)22-12-10-17(2)14-18(22)3/h5-15,32H,4,16H2,1-3H3.